The molecule has 3 nitrogen and oxygen atoms in total. The van der Waals surface area contributed by atoms with E-state index in [1.54, 1.807) is 6.07 Å². The first-order valence-corrected chi connectivity index (χ1v) is 6.25. The minimum atomic E-state index is 0.522. The summed E-state index contributed by atoms with van der Waals surface area (Å²) in [5.41, 5.74) is 0. The van der Waals surface area contributed by atoms with Crippen LogP contribution >= 0.6 is 15.9 Å². The molecule has 3 rings (SSSR count). The molecule has 0 aliphatic carbocycles. The van der Waals surface area contributed by atoms with E-state index in [-0.39, 0.29) is 0 Å². The highest BCUT2D eigenvalue weighted by atomic mass is 79.9. The number of fused-ring (bicyclic) bond motifs is 1. The van der Waals surface area contributed by atoms with Crippen molar-refractivity contribution in [3.05, 3.63) is 59.5 Å². The molecule has 0 bridgehead atoms. The van der Waals surface area contributed by atoms with E-state index in [2.05, 4.69) is 38.0 Å². The van der Waals surface area contributed by atoms with Gasteiger partial charge in [-0.3, -0.25) is 0 Å². The SMILES string of the molecule is Brc1cc(Oc2cccc3ccccc23)ncn1. The quantitative estimate of drug-likeness (QED) is 0.666. The Hall–Kier alpha value is -1.94. The van der Waals surface area contributed by atoms with Crippen LogP contribution < -0.4 is 4.74 Å². The lowest BCUT2D eigenvalue weighted by Gasteiger charge is -2.07. The van der Waals surface area contributed by atoms with E-state index >= 15 is 0 Å². The number of nitrogens with zero attached hydrogens (tertiary/aromatic N) is 2. The smallest absolute Gasteiger partial charge is 0.223 e. The fourth-order valence-corrected chi connectivity index (χ4v) is 2.06. The molecule has 1 aromatic heterocycles. The topological polar surface area (TPSA) is 35.0 Å². The van der Waals surface area contributed by atoms with Gasteiger partial charge >= 0.3 is 0 Å². The van der Waals surface area contributed by atoms with E-state index in [0.29, 0.717) is 10.5 Å². The molecule has 0 fully saturated rings. The highest BCUT2D eigenvalue weighted by molar-refractivity contribution is 9.10. The van der Waals surface area contributed by atoms with E-state index in [0.717, 1.165) is 16.5 Å². The van der Waals surface area contributed by atoms with Gasteiger partial charge in [0.25, 0.3) is 0 Å². The van der Waals surface area contributed by atoms with Crippen LogP contribution in [0.2, 0.25) is 0 Å². The van der Waals surface area contributed by atoms with Crippen molar-refractivity contribution in [2.24, 2.45) is 0 Å². The normalized spacial score (nSPS) is 10.5. The molecule has 2 aromatic carbocycles. The average molecular weight is 301 g/mol. The van der Waals surface area contributed by atoms with Crippen LogP contribution in [-0.2, 0) is 0 Å². The summed E-state index contributed by atoms with van der Waals surface area (Å²) in [5, 5.41) is 2.21. The Bertz CT molecular complexity index is 695. The van der Waals surface area contributed by atoms with Crippen LogP contribution in [0.1, 0.15) is 0 Å². The number of benzene rings is 2. The minimum Gasteiger partial charge on any atom is -0.438 e. The van der Waals surface area contributed by atoms with Gasteiger partial charge in [0.2, 0.25) is 5.88 Å². The average Bonchev–Trinajstić information content (AvgIpc) is 2.39. The van der Waals surface area contributed by atoms with E-state index in [9.17, 15) is 0 Å². The maximum Gasteiger partial charge on any atom is 0.223 e. The predicted molar refractivity (Wildman–Crippen MR) is 73.8 cm³/mol. The van der Waals surface area contributed by atoms with E-state index < -0.39 is 0 Å². The molecule has 0 saturated carbocycles. The van der Waals surface area contributed by atoms with Gasteiger partial charge in [0.15, 0.2) is 0 Å². The minimum absolute atomic E-state index is 0.522. The Morgan fingerprint density at radius 3 is 2.67 bits per heavy atom. The fraction of sp³-hybridized carbons (Fsp3) is 0. The van der Waals surface area contributed by atoms with Crippen LogP contribution in [0.4, 0.5) is 0 Å². The Labute approximate surface area is 113 Å². The van der Waals surface area contributed by atoms with Gasteiger partial charge in [0, 0.05) is 11.5 Å². The lowest BCUT2D eigenvalue weighted by atomic mass is 10.1. The van der Waals surface area contributed by atoms with Gasteiger partial charge in [-0.1, -0.05) is 36.4 Å². The van der Waals surface area contributed by atoms with E-state index in [1.807, 2.05) is 30.3 Å². The monoisotopic (exact) mass is 300 g/mol. The molecule has 88 valence electrons. The summed E-state index contributed by atoms with van der Waals surface area (Å²) in [7, 11) is 0. The van der Waals surface area contributed by atoms with Crippen molar-refractivity contribution in [2.45, 2.75) is 0 Å². The van der Waals surface area contributed by atoms with Crippen LogP contribution in [0.15, 0.2) is 59.5 Å². The van der Waals surface area contributed by atoms with Gasteiger partial charge in [-0.15, -0.1) is 0 Å². The molecular formula is C14H9BrN2O. The molecule has 0 aliphatic heterocycles. The van der Waals surface area contributed by atoms with E-state index in [4.69, 9.17) is 4.74 Å². The third kappa shape index (κ3) is 2.19. The number of aromatic nitrogens is 2. The third-order valence-corrected chi connectivity index (χ3v) is 3.01. The number of hydrogen-bond donors (Lipinski definition) is 0. The zero-order valence-electron chi connectivity index (χ0n) is 9.38. The molecule has 0 saturated heterocycles. The Balaban J connectivity index is 2.05. The third-order valence-electron chi connectivity index (χ3n) is 2.57. The summed E-state index contributed by atoms with van der Waals surface area (Å²) < 4.78 is 6.49. The predicted octanol–water partition coefficient (Wildman–Crippen LogP) is 4.18. The first-order chi connectivity index (χ1) is 8.83. The number of hydrogen-bond acceptors (Lipinski definition) is 3. The lowest BCUT2D eigenvalue weighted by Crippen LogP contribution is -1.89. The Morgan fingerprint density at radius 2 is 1.78 bits per heavy atom. The summed E-state index contributed by atoms with van der Waals surface area (Å²) in [5.74, 6) is 1.31. The second kappa shape index (κ2) is 4.74. The second-order valence-corrected chi connectivity index (χ2v) is 4.57. The van der Waals surface area contributed by atoms with Gasteiger partial charge in [0.05, 0.1) is 0 Å². The molecule has 0 unspecified atom stereocenters. The van der Waals surface area contributed by atoms with Crippen molar-refractivity contribution in [3.63, 3.8) is 0 Å². The molecule has 1 heterocycles. The van der Waals surface area contributed by atoms with Gasteiger partial charge in [0.1, 0.15) is 16.7 Å². The second-order valence-electron chi connectivity index (χ2n) is 3.76. The molecule has 0 spiro atoms. The van der Waals surface area contributed by atoms with Gasteiger partial charge in [-0.25, -0.2) is 9.97 Å². The maximum absolute atomic E-state index is 5.79. The highest BCUT2D eigenvalue weighted by Crippen LogP contribution is 2.29. The van der Waals surface area contributed by atoms with Crippen LogP contribution in [0.5, 0.6) is 11.6 Å². The van der Waals surface area contributed by atoms with Crippen molar-refractivity contribution in [3.8, 4) is 11.6 Å². The summed E-state index contributed by atoms with van der Waals surface area (Å²) in [6.45, 7) is 0. The van der Waals surface area contributed by atoms with Gasteiger partial charge in [-0.05, 0) is 27.4 Å². The van der Waals surface area contributed by atoms with Crippen molar-refractivity contribution in [1.82, 2.24) is 9.97 Å². The largest absolute Gasteiger partial charge is 0.438 e. The van der Waals surface area contributed by atoms with Crippen LogP contribution in [0, 0.1) is 0 Å². The molecule has 0 amide bonds. The Kier molecular flexibility index (Phi) is 2.94. The zero-order chi connectivity index (χ0) is 12.4. The maximum atomic E-state index is 5.79. The standard InChI is InChI=1S/C14H9BrN2O/c15-13-8-14(17-9-16-13)18-12-7-3-5-10-4-1-2-6-11(10)12/h1-9H. The molecule has 4 heteroatoms. The van der Waals surface area contributed by atoms with Gasteiger partial charge in [-0.2, -0.15) is 0 Å². The van der Waals surface area contributed by atoms with Crippen LogP contribution in [-0.4, -0.2) is 9.97 Å². The fourth-order valence-electron chi connectivity index (χ4n) is 1.77. The molecule has 18 heavy (non-hydrogen) atoms. The van der Waals surface area contributed by atoms with Crippen LogP contribution in [0.3, 0.4) is 0 Å². The number of rotatable bonds is 2. The Morgan fingerprint density at radius 1 is 0.944 bits per heavy atom. The zero-order valence-corrected chi connectivity index (χ0v) is 11.0. The van der Waals surface area contributed by atoms with Crippen molar-refractivity contribution in [1.29, 1.82) is 0 Å². The lowest BCUT2D eigenvalue weighted by molar-refractivity contribution is 0.466. The van der Waals surface area contributed by atoms with E-state index in [1.165, 1.54) is 6.33 Å². The first kappa shape index (κ1) is 11.2. The number of ether oxygens (including phenoxy) is 1. The summed E-state index contributed by atoms with van der Waals surface area (Å²) in [4.78, 5) is 8.05. The first-order valence-electron chi connectivity index (χ1n) is 5.46. The molecule has 3 aromatic rings. The summed E-state index contributed by atoms with van der Waals surface area (Å²) in [6, 6.07) is 15.8. The molecule has 0 atom stereocenters. The molecule has 0 N–H and O–H groups in total. The van der Waals surface area contributed by atoms with Crippen LogP contribution in [0.25, 0.3) is 10.8 Å². The van der Waals surface area contributed by atoms with Crippen molar-refractivity contribution in [2.75, 3.05) is 0 Å². The van der Waals surface area contributed by atoms with Crippen molar-refractivity contribution < 1.29 is 4.74 Å². The highest BCUT2D eigenvalue weighted by Gasteiger charge is 2.04. The number of halogens is 1. The summed E-state index contributed by atoms with van der Waals surface area (Å²) >= 11 is 3.29. The molecule has 0 radical (unpaired) electrons. The summed E-state index contributed by atoms with van der Waals surface area (Å²) in [6.07, 6.45) is 1.46. The molecular weight excluding hydrogens is 292 g/mol. The van der Waals surface area contributed by atoms with Gasteiger partial charge < -0.3 is 4.74 Å². The molecule has 0 aliphatic rings. The van der Waals surface area contributed by atoms with Crippen molar-refractivity contribution >= 4 is 26.7 Å².